The zero-order valence-corrected chi connectivity index (χ0v) is 14.7. The van der Waals surface area contributed by atoms with E-state index < -0.39 is 0 Å². The van der Waals surface area contributed by atoms with Crippen LogP contribution in [0.5, 0.6) is 11.5 Å². The molecular formula is C20H22N2O3. The maximum atomic E-state index is 12.5. The first-order chi connectivity index (χ1) is 12.1. The third-order valence-corrected chi connectivity index (χ3v) is 4.33. The molecule has 25 heavy (non-hydrogen) atoms. The molecule has 0 unspecified atom stereocenters. The third kappa shape index (κ3) is 3.60. The molecule has 3 rings (SSSR count). The van der Waals surface area contributed by atoms with E-state index in [0.29, 0.717) is 12.2 Å². The SMILES string of the molecule is COc1cccc(CCNC(=O)c2[nH]c3cc(OC)ccc3c2C)c1. The predicted molar refractivity (Wildman–Crippen MR) is 98.6 cm³/mol. The zero-order valence-electron chi connectivity index (χ0n) is 14.7. The Balaban J connectivity index is 1.68. The zero-order chi connectivity index (χ0) is 17.8. The van der Waals surface area contributed by atoms with Gasteiger partial charge in [0, 0.05) is 23.5 Å². The quantitative estimate of drug-likeness (QED) is 0.723. The van der Waals surface area contributed by atoms with Crippen molar-refractivity contribution in [3.05, 3.63) is 59.3 Å². The number of amides is 1. The molecule has 1 amide bonds. The molecule has 3 aromatic rings. The van der Waals surface area contributed by atoms with Gasteiger partial charge in [-0.1, -0.05) is 12.1 Å². The molecule has 130 valence electrons. The van der Waals surface area contributed by atoms with Crippen LogP contribution in [0, 0.1) is 6.92 Å². The number of hydrogen-bond donors (Lipinski definition) is 2. The van der Waals surface area contributed by atoms with Gasteiger partial charge in [0.1, 0.15) is 17.2 Å². The number of ether oxygens (including phenoxy) is 2. The van der Waals surface area contributed by atoms with E-state index in [0.717, 1.165) is 39.9 Å². The summed E-state index contributed by atoms with van der Waals surface area (Å²) in [5, 5.41) is 4.00. The molecule has 2 aromatic carbocycles. The van der Waals surface area contributed by atoms with E-state index in [-0.39, 0.29) is 5.91 Å². The van der Waals surface area contributed by atoms with Gasteiger partial charge in [-0.05, 0) is 48.7 Å². The number of H-pyrrole nitrogens is 1. The first-order valence-electron chi connectivity index (χ1n) is 8.20. The van der Waals surface area contributed by atoms with Crippen LogP contribution in [-0.4, -0.2) is 31.7 Å². The normalized spacial score (nSPS) is 10.7. The Bertz CT molecular complexity index is 899. The fourth-order valence-electron chi connectivity index (χ4n) is 2.91. The number of aryl methyl sites for hydroxylation is 1. The van der Waals surface area contributed by atoms with Gasteiger partial charge in [-0.3, -0.25) is 4.79 Å². The van der Waals surface area contributed by atoms with E-state index in [4.69, 9.17) is 9.47 Å². The summed E-state index contributed by atoms with van der Waals surface area (Å²) in [5.74, 6) is 1.48. The van der Waals surface area contributed by atoms with Crippen LogP contribution < -0.4 is 14.8 Å². The summed E-state index contributed by atoms with van der Waals surface area (Å²) < 4.78 is 10.5. The number of rotatable bonds is 6. The first kappa shape index (κ1) is 16.9. The number of aromatic amines is 1. The van der Waals surface area contributed by atoms with Crippen molar-refractivity contribution in [2.24, 2.45) is 0 Å². The molecule has 0 spiro atoms. The van der Waals surface area contributed by atoms with Gasteiger partial charge in [0.25, 0.3) is 5.91 Å². The lowest BCUT2D eigenvalue weighted by atomic mass is 10.1. The van der Waals surface area contributed by atoms with E-state index >= 15 is 0 Å². The molecule has 0 bridgehead atoms. The van der Waals surface area contributed by atoms with Crippen LogP contribution in [0.1, 0.15) is 21.6 Å². The molecule has 0 saturated heterocycles. The molecule has 0 fully saturated rings. The Morgan fingerprint density at radius 2 is 1.84 bits per heavy atom. The molecule has 2 N–H and O–H groups in total. The average Bonchev–Trinajstić information content (AvgIpc) is 2.98. The van der Waals surface area contributed by atoms with Crippen molar-refractivity contribution >= 4 is 16.8 Å². The fourth-order valence-corrected chi connectivity index (χ4v) is 2.91. The van der Waals surface area contributed by atoms with Crippen molar-refractivity contribution in [3.63, 3.8) is 0 Å². The molecule has 1 heterocycles. The Morgan fingerprint density at radius 1 is 1.08 bits per heavy atom. The third-order valence-electron chi connectivity index (χ3n) is 4.33. The maximum Gasteiger partial charge on any atom is 0.268 e. The molecule has 0 aliphatic carbocycles. The van der Waals surface area contributed by atoms with Crippen molar-refractivity contribution in [3.8, 4) is 11.5 Å². The van der Waals surface area contributed by atoms with Gasteiger partial charge < -0.3 is 19.8 Å². The summed E-state index contributed by atoms with van der Waals surface area (Å²) in [7, 11) is 3.28. The largest absolute Gasteiger partial charge is 0.497 e. The number of hydrogen-bond acceptors (Lipinski definition) is 3. The van der Waals surface area contributed by atoms with Gasteiger partial charge in [0.05, 0.1) is 14.2 Å². The smallest absolute Gasteiger partial charge is 0.268 e. The van der Waals surface area contributed by atoms with Crippen LogP contribution in [0.3, 0.4) is 0 Å². The summed E-state index contributed by atoms with van der Waals surface area (Å²) in [4.78, 5) is 15.7. The highest BCUT2D eigenvalue weighted by Crippen LogP contribution is 2.25. The number of nitrogens with one attached hydrogen (secondary N) is 2. The lowest BCUT2D eigenvalue weighted by Gasteiger charge is -2.06. The Hall–Kier alpha value is -2.95. The van der Waals surface area contributed by atoms with E-state index in [1.54, 1.807) is 14.2 Å². The van der Waals surface area contributed by atoms with Crippen LogP contribution in [-0.2, 0) is 6.42 Å². The molecule has 0 atom stereocenters. The number of carbonyl (C=O) groups excluding carboxylic acids is 1. The average molecular weight is 338 g/mol. The molecule has 0 saturated carbocycles. The van der Waals surface area contributed by atoms with Crippen LogP contribution in [0.4, 0.5) is 0 Å². The molecule has 5 nitrogen and oxygen atoms in total. The van der Waals surface area contributed by atoms with E-state index in [1.807, 2.05) is 49.4 Å². The lowest BCUT2D eigenvalue weighted by Crippen LogP contribution is -2.26. The second-order valence-corrected chi connectivity index (χ2v) is 5.89. The molecular weight excluding hydrogens is 316 g/mol. The van der Waals surface area contributed by atoms with Crippen LogP contribution >= 0.6 is 0 Å². The van der Waals surface area contributed by atoms with E-state index in [1.165, 1.54) is 0 Å². The van der Waals surface area contributed by atoms with Crippen LogP contribution in [0.15, 0.2) is 42.5 Å². The van der Waals surface area contributed by atoms with Gasteiger partial charge in [0.2, 0.25) is 0 Å². The Kier molecular flexibility index (Phi) is 4.93. The first-order valence-corrected chi connectivity index (χ1v) is 8.20. The second-order valence-electron chi connectivity index (χ2n) is 5.89. The molecule has 0 aliphatic heterocycles. The molecule has 0 aliphatic rings. The topological polar surface area (TPSA) is 63.3 Å². The minimum Gasteiger partial charge on any atom is -0.497 e. The number of carbonyl (C=O) groups is 1. The van der Waals surface area contributed by atoms with Crippen LogP contribution in [0.2, 0.25) is 0 Å². The highest BCUT2D eigenvalue weighted by Gasteiger charge is 2.14. The van der Waals surface area contributed by atoms with E-state index in [9.17, 15) is 4.79 Å². The van der Waals surface area contributed by atoms with Gasteiger partial charge in [-0.2, -0.15) is 0 Å². The monoisotopic (exact) mass is 338 g/mol. The van der Waals surface area contributed by atoms with Crippen LogP contribution in [0.25, 0.3) is 10.9 Å². The lowest BCUT2D eigenvalue weighted by molar-refractivity contribution is 0.0949. The van der Waals surface area contributed by atoms with Gasteiger partial charge in [-0.15, -0.1) is 0 Å². The van der Waals surface area contributed by atoms with E-state index in [2.05, 4.69) is 10.3 Å². The number of aromatic nitrogens is 1. The van der Waals surface area contributed by atoms with Crippen molar-refractivity contribution < 1.29 is 14.3 Å². The Labute approximate surface area is 147 Å². The maximum absolute atomic E-state index is 12.5. The number of fused-ring (bicyclic) bond motifs is 1. The van der Waals surface area contributed by atoms with Crippen molar-refractivity contribution in [1.29, 1.82) is 0 Å². The standard InChI is InChI=1S/C20H22N2O3/c1-13-17-8-7-16(25-3)12-18(17)22-19(13)20(23)21-10-9-14-5-4-6-15(11-14)24-2/h4-8,11-12,22H,9-10H2,1-3H3,(H,21,23). The Morgan fingerprint density at radius 3 is 2.60 bits per heavy atom. The summed E-state index contributed by atoms with van der Waals surface area (Å²) in [6, 6.07) is 13.6. The molecule has 1 aromatic heterocycles. The highest BCUT2D eigenvalue weighted by molar-refractivity contribution is 6.01. The number of methoxy groups -OCH3 is 2. The summed E-state index contributed by atoms with van der Waals surface area (Å²) in [5.41, 5.74) is 3.55. The van der Waals surface area contributed by atoms with Crippen molar-refractivity contribution in [1.82, 2.24) is 10.3 Å². The van der Waals surface area contributed by atoms with Gasteiger partial charge in [0.15, 0.2) is 0 Å². The minimum atomic E-state index is -0.101. The summed E-state index contributed by atoms with van der Waals surface area (Å²) >= 11 is 0. The summed E-state index contributed by atoms with van der Waals surface area (Å²) in [6.45, 7) is 2.51. The van der Waals surface area contributed by atoms with Gasteiger partial charge in [-0.25, -0.2) is 0 Å². The van der Waals surface area contributed by atoms with Crippen molar-refractivity contribution in [2.75, 3.05) is 20.8 Å². The predicted octanol–water partition coefficient (Wildman–Crippen LogP) is 3.47. The molecule has 0 radical (unpaired) electrons. The molecule has 5 heteroatoms. The second kappa shape index (κ2) is 7.30. The minimum absolute atomic E-state index is 0.101. The summed E-state index contributed by atoms with van der Waals surface area (Å²) in [6.07, 6.45) is 0.746. The van der Waals surface area contributed by atoms with Crippen molar-refractivity contribution in [2.45, 2.75) is 13.3 Å². The highest BCUT2D eigenvalue weighted by atomic mass is 16.5. The fraction of sp³-hybridized carbons (Fsp3) is 0.250. The van der Waals surface area contributed by atoms with Gasteiger partial charge >= 0.3 is 0 Å². The number of benzene rings is 2.